The van der Waals surface area contributed by atoms with E-state index in [1.165, 1.54) is 4.68 Å². The lowest BCUT2D eigenvalue weighted by atomic mass is 10.3. The summed E-state index contributed by atoms with van der Waals surface area (Å²) in [5, 5.41) is 2.53. The summed E-state index contributed by atoms with van der Waals surface area (Å²) in [6.45, 7) is 4.25. The average Bonchev–Trinajstić information content (AvgIpc) is 2.63. The second kappa shape index (κ2) is 4.91. The first kappa shape index (κ1) is 12.2. The average molecular weight is 245 g/mol. The van der Waals surface area contributed by atoms with E-state index >= 15 is 0 Å². The van der Waals surface area contributed by atoms with Crippen LogP contribution in [-0.2, 0) is 6.54 Å². The van der Waals surface area contributed by atoms with Gasteiger partial charge in [0.05, 0.1) is 12.2 Å². The highest BCUT2D eigenvalue weighted by Crippen LogP contribution is 2.00. The van der Waals surface area contributed by atoms with Crippen LogP contribution in [0, 0.1) is 0 Å². The first-order valence-corrected chi connectivity index (χ1v) is 5.70. The first-order valence-electron chi connectivity index (χ1n) is 5.70. The normalized spacial score (nSPS) is 10.3. The molecule has 0 unspecified atom stereocenters. The SMILES string of the molecule is CC(C)=CCn1[nH]c(=O)n(-c2ccccc2)c1=O. The van der Waals surface area contributed by atoms with Crippen LogP contribution in [0.4, 0.5) is 0 Å². The topological polar surface area (TPSA) is 59.8 Å². The van der Waals surface area contributed by atoms with E-state index in [1.807, 2.05) is 26.0 Å². The van der Waals surface area contributed by atoms with Crippen molar-refractivity contribution in [3.63, 3.8) is 0 Å². The summed E-state index contributed by atoms with van der Waals surface area (Å²) in [7, 11) is 0. The molecule has 0 aliphatic carbocycles. The number of H-pyrrole nitrogens is 1. The first-order chi connectivity index (χ1) is 8.59. The summed E-state index contributed by atoms with van der Waals surface area (Å²) in [5.74, 6) is 0. The summed E-state index contributed by atoms with van der Waals surface area (Å²) in [5.41, 5.74) is 0.881. The number of aromatic nitrogens is 3. The van der Waals surface area contributed by atoms with Gasteiger partial charge in [-0.05, 0) is 26.0 Å². The molecule has 0 aliphatic rings. The maximum absolute atomic E-state index is 12.1. The van der Waals surface area contributed by atoms with Gasteiger partial charge in [0.2, 0.25) is 0 Å². The molecule has 0 amide bonds. The number of allylic oxidation sites excluding steroid dienone is 2. The van der Waals surface area contributed by atoms with Crippen molar-refractivity contribution in [3.8, 4) is 5.69 Å². The maximum Gasteiger partial charge on any atom is 0.351 e. The third kappa shape index (κ3) is 2.34. The van der Waals surface area contributed by atoms with Gasteiger partial charge in [-0.25, -0.2) is 23.9 Å². The van der Waals surface area contributed by atoms with Crippen LogP contribution in [0.1, 0.15) is 13.8 Å². The molecular formula is C13H15N3O2. The number of nitrogens with one attached hydrogen (secondary N) is 1. The lowest BCUT2D eigenvalue weighted by molar-refractivity contribution is 0.661. The summed E-state index contributed by atoms with van der Waals surface area (Å²) >= 11 is 0. The minimum Gasteiger partial charge on any atom is -0.246 e. The number of para-hydroxylation sites is 1. The standard InChI is InChI=1S/C13H15N3O2/c1-10(2)8-9-15-13(18)16(12(17)14-15)11-6-4-3-5-7-11/h3-8H,9H2,1-2H3,(H,14,17). The zero-order valence-corrected chi connectivity index (χ0v) is 10.4. The van der Waals surface area contributed by atoms with E-state index in [0.29, 0.717) is 12.2 Å². The molecule has 0 atom stereocenters. The van der Waals surface area contributed by atoms with E-state index in [9.17, 15) is 9.59 Å². The van der Waals surface area contributed by atoms with Crippen LogP contribution >= 0.6 is 0 Å². The molecule has 2 rings (SSSR count). The molecule has 1 N–H and O–H groups in total. The highest BCUT2D eigenvalue weighted by Gasteiger charge is 2.09. The molecular weight excluding hydrogens is 230 g/mol. The lowest BCUT2D eigenvalue weighted by Crippen LogP contribution is -2.27. The van der Waals surface area contributed by atoms with Crippen LogP contribution in [0.25, 0.3) is 5.69 Å². The fourth-order valence-corrected chi connectivity index (χ4v) is 1.62. The van der Waals surface area contributed by atoms with Gasteiger partial charge in [0.25, 0.3) is 0 Å². The van der Waals surface area contributed by atoms with Gasteiger partial charge in [-0.3, -0.25) is 0 Å². The van der Waals surface area contributed by atoms with Crippen LogP contribution < -0.4 is 11.4 Å². The van der Waals surface area contributed by atoms with Gasteiger partial charge in [-0.1, -0.05) is 29.8 Å². The molecule has 1 heterocycles. The molecule has 5 nitrogen and oxygen atoms in total. The van der Waals surface area contributed by atoms with Crippen LogP contribution in [0.5, 0.6) is 0 Å². The summed E-state index contributed by atoms with van der Waals surface area (Å²) in [6.07, 6.45) is 1.88. The Kier molecular flexibility index (Phi) is 3.32. The van der Waals surface area contributed by atoms with Crippen molar-refractivity contribution in [2.75, 3.05) is 0 Å². The third-order valence-corrected chi connectivity index (χ3v) is 2.55. The van der Waals surface area contributed by atoms with E-state index in [2.05, 4.69) is 5.10 Å². The Morgan fingerprint density at radius 3 is 2.50 bits per heavy atom. The smallest absolute Gasteiger partial charge is 0.246 e. The van der Waals surface area contributed by atoms with Gasteiger partial charge in [0, 0.05) is 0 Å². The third-order valence-electron chi connectivity index (χ3n) is 2.55. The highest BCUT2D eigenvalue weighted by atomic mass is 16.2. The summed E-state index contributed by atoms with van der Waals surface area (Å²) in [6, 6.07) is 8.86. The molecule has 2 aromatic rings. The van der Waals surface area contributed by atoms with E-state index < -0.39 is 5.69 Å². The Bertz CT molecular complexity index is 670. The molecule has 0 aliphatic heterocycles. The molecule has 1 aromatic carbocycles. The quantitative estimate of drug-likeness (QED) is 0.828. The molecule has 1 aromatic heterocycles. The molecule has 0 fully saturated rings. The van der Waals surface area contributed by atoms with E-state index in [1.54, 1.807) is 24.3 Å². The summed E-state index contributed by atoms with van der Waals surface area (Å²) in [4.78, 5) is 23.8. The maximum atomic E-state index is 12.1. The summed E-state index contributed by atoms with van der Waals surface area (Å²) < 4.78 is 2.42. The van der Waals surface area contributed by atoms with Crippen molar-refractivity contribution >= 4 is 0 Å². The molecule has 0 saturated heterocycles. The second-order valence-corrected chi connectivity index (χ2v) is 4.26. The largest absolute Gasteiger partial charge is 0.351 e. The number of aromatic amines is 1. The molecule has 94 valence electrons. The second-order valence-electron chi connectivity index (χ2n) is 4.26. The molecule has 0 spiro atoms. The van der Waals surface area contributed by atoms with Gasteiger partial charge in [-0.15, -0.1) is 0 Å². The van der Waals surface area contributed by atoms with Crippen LogP contribution in [0.15, 0.2) is 51.6 Å². The predicted molar refractivity (Wildman–Crippen MR) is 70.1 cm³/mol. The molecule has 0 bridgehead atoms. The Hall–Kier alpha value is -2.30. The Balaban J connectivity index is 2.49. The number of hydrogen-bond acceptors (Lipinski definition) is 2. The number of nitrogens with zero attached hydrogens (tertiary/aromatic N) is 2. The lowest BCUT2D eigenvalue weighted by Gasteiger charge is -1.98. The zero-order valence-electron chi connectivity index (χ0n) is 10.4. The van der Waals surface area contributed by atoms with Crippen molar-refractivity contribution in [3.05, 3.63) is 62.9 Å². The molecule has 18 heavy (non-hydrogen) atoms. The fourth-order valence-electron chi connectivity index (χ4n) is 1.62. The minimum absolute atomic E-state index is 0.358. The Morgan fingerprint density at radius 2 is 1.89 bits per heavy atom. The fraction of sp³-hybridized carbons (Fsp3) is 0.231. The van der Waals surface area contributed by atoms with Crippen LogP contribution in [0.2, 0.25) is 0 Å². The zero-order chi connectivity index (χ0) is 13.1. The van der Waals surface area contributed by atoms with Crippen molar-refractivity contribution in [2.45, 2.75) is 20.4 Å². The van der Waals surface area contributed by atoms with Crippen LogP contribution in [0.3, 0.4) is 0 Å². The van der Waals surface area contributed by atoms with Crippen molar-refractivity contribution in [1.82, 2.24) is 14.3 Å². The molecule has 0 saturated carbocycles. The molecule has 5 heteroatoms. The van der Waals surface area contributed by atoms with Crippen molar-refractivity contribution in [2.24, 2.45) is 0 Å². The molecule has 0 radical (unpaired) electrons. The van der Waals surface area contributed by atoms with Gasteiger partial charge < -0.3 is 0 Å². The monoisotopic (exact) mass is 245 g/mol. The van der Waals surface area contributed by atoms with E-state index in [4.69, 9.17) is 0 Å². The minimum atomic E-state index is -0.423. The van der Waals surface area contributed by atoms with E-state index in [-0.39, 0.29) is 5.69 Å². The Labute approximate surface area is 104 Å². The van der Waals surface area contributed by atoms with Crippen molar-refractivity contribution in [1.29, 1.82) is 0 Å². The van der Waals surface area contributed by atoms with E-state index in [0.717, 1.165) is 10.1 Å². The number of benzene rings is 1. The number of rotatable bonds is 3. The Morgan fingerprint density at radius 1 is 1.22 bits per heavy atom. The van der Waals surface area contributed by atoms with Gasteiger partial charge in [-0.2, -0.15) is 0 Å². The van der Waals surface area contributed by atoms with Crippen LogP contribution in [-0.4, -0.2) is 14.3 Å². The number of hydrogen-bond donors (Lipinski definition) is 1. The predicted octanol–water partition coefficient (Wildman–Crippen LogP) is 1.29. The van der Waals surface area contributed by atoms with Gasteiger partial charge >= 0.3 is 11.4 Å². The highest BCUT2D eigenvalue weighted by molar-refractivity contribution is 5.30. The van der Waals surface area contributed by atoms with Crippen molar-refractivity contribution < 1.29 is 0 Å². The van der Waals surface area contributed by atoms with Gasteiger partial charge in [0.1, 0.15) is 0 Å². The van der Waals surface area contributed by atoms with Gasteiger partial charge in [0.15, 0.2) is 0 Å².